The van der Waals surface area contributed by atoms with Gasteiger partial charge in [0.15, 0.2) is 0 Å². The predicted octanol–water partition coefficient (Wildman–Crippen LogP) is -1.37. The number of imide groups is 1. The second-order valence-electron chi connectivity index (χ2n) is 5.58. The number of likely N-dealkylation sites (N-methyl/N-ethyl adjacent to an activating group) is 1. The third kappa shape index (κ3) is 1.54. The summed E-state index contributed by atoms with van der Waals surface area (Å²) in [7, 11) is 3.76. The number of rotatable bonds is 0. The van der Waals surface area contributed by atoms with Crippen LogP contribution in [0.4, 0.5) is 4.79 Å². The van der Waals surface area contributed by atoms with Crippen LogP contribution >= 0.6 is 0 Å². The van der Waals surface area contributed by atoms with Gasteiger partial charge in [0.05, 0.1) is 0 Å². The van der Waals surface area contributed by atoms with E-state index >= 15 is 0 Å². The molecule has 0 aromatic carbocycles. The molecule has 100 valence electrons. The molecule has 7 heteroatoms. The smallest absolute Gasteiger partial charge is 0.310 e. The first kappa shape index (κ1) is 11.9. The SMILES string of the molecule is CC1CN(C)C2NC3C(C(=O)NC(=O)N3C)N2C1. The zero-order valence-electron chi connectivity index (χ0n) is 10.9. The molecule has 0 aliphatic carbocycles. The largest absolute Gasteiger partial charge is 0.325 e. The molecule has 0 saturated carbocycles. The molecule has 4 unspecified atom stereocenters. The molecule has 3 fully saturated rings. The van der Waals surface area contributed by atoms with E-state index in [1.807, 2.05) is 7.05 Å². The Labute approximate surface area is 106 Å². The van der Waals surface area contributed by atoms with Gasteiger partial charge in [-0.2, -0.15) is 0 Å². The van der Waals surface area contributed by atoms with Gasteiger partial charge < -0.3 is 4.90 Å². The van der Waals surface area contributed by atoms with E-state index in [2.05, 4.69) is 27.4 Å². The monoisotopic (exact) mass is 253 g/mol. The average Bonchev–Trinajstić information content (AvgIpc) is 2.66. The van der Waals surface area contributed by atoms with Crippen LogP contribution in [0.15, 0.2) is 0 Å². The highest BCUT2D eigenvalue weighted by molar-refractivity contribution is 6.00. The van der Waals surface area contributed by atoms with E-state index in [0.29, 0.717) is 5.92 Å². The van der Waals surface area contributed by atoms with E-state index in [4.69, 9.17) is 0 Å². The fraction of sp³-hybridized carbons (Fsp3) is 0.818. The number of carbonyl (C=O) groups is 2. The van der Waals surface area contributed by atoms with Crippen molar-refractivity contribution in [1.29, 1.82) is 0 Å². The number of nitrogens with zero attached hydrogens (tertiary/aromatic N) is 3. The van der Waals surface area contributed by atoms with Crippen LogP contribution < -0.4 is 10.6 Å². The Balaban J connectivity index is 1.91. The van der Waals surface area contributed by atoms with Crippen molar-refractivity contribution in [2.75, 3.05) is 27.2 Å². The highest BCUT2D eigenvalue weighted by atomic mass is 16.2. The van der Waals surface area contributed by atoms with Gasteiger partial charge >= 0.3 is 6.03 Å². The molecule has 0 spiro atoms. The highest BCUT2D eigenvalue weighted by Crippen LogP contribution is 2.28. The van der Waals surface area contributed by atoms with Crippen molar-refractivity contribution in [2.24, 2.45) is 5.92 Å². The Morgan fingerprint density at radius 1 is 1.22 bits per heavy atom. The lowest BCUT2D eigenvalue weighted by atomic mass is 10.1. The summed E-state index contributed by atoms with van der Waals surface area (Å²) in [5.74, 6) is 0.322. The number of carbonyl (C=O) groups excluding carboxylic acids is 2. The molecule has 18 heavy (non-hydrogen) atoms. The predicted molar refractivity (Wildman–Crippen MR) is 64.3 cm³/mol. The van der Waals surface area contributed by atoms with Gasteiger partial charge in [-0.3, -0.25) is 25.2 Å². The van der Waals surface area contributed by atoms with Crippen molar-refractivity contribution in [2.45, 2.75) is 25.4 Å². The van der Waals surface area contributed by atoms with E-state index in [9.17, 15) is 9.59 Å². The van der Waals surface area contributed by atoms with Crippen molar-refractivity contribution in [3.8, 4) is 0 Å². The summed E-state index contributed by atoms with van der Waals surface area (Å²) in [4.78, 5) is 29.6. The second kappa shape index (κ2) is 3.91. The molecule has 3 aliphatic heterocycles. The molecule has 0 bridgehead atoms. The van der Waals surface area contributed by atoms with Gasteiger partial charge in [-0.1, -0.05) is 6.92 Å². The topological polar surface area (TPSA) is 67.9 Å². The maximum atomic E-state index is 12.0. The first-order chi connectivity index (χ1) is 8.49. The molecule has 3 aliphatic rings. The third-order valence-corrected chi connectivity index (χ3v) is 4.07. The van der Waals surface area contributed by atoms with Crippen molar-refractivity contribution in [3.05, 3.63) is 0 Å². The van der Waals surface area contributed by atoms with E-state index < -0.39 is 0 Å². The van der Waals surface area contributed by atoms with Crippen LogP contribution in [0.3, 0.4) is 0 Å². The van der Waals surface area contributed by atoms with Crippen LogP contribution in [-0.2, 0) is 4.79 Å². The van der Waals surface area contributed by atoms with E-state index in [-0.39, 0.29) is 30.4 Å². The maximum absolute atomic E-state index is 12.0. The summed E-state index contributed by atoms with van der Waals surface area (Å²) in [6.45, 7) is 4.04. The molecule has 3 saturated heterocycles. The van der Waals surface area contributed by atoms with Crippen LogP contribution in [0, 0.1) is 5.92 Å². The number of fused-ring (bicyclic) bond motifs is 3. The van der Waals surface area contributed by atoms with Crippen molar-refractivity contribution < 1.29 is 9.59 Å². The van der Waals surface area contributed by atoms with Gasteiger partial charge in [0.2, 0.25) is 5.91 Å². The molecular formula is C11H19N5O2. The lowest BCUT2D eigenvalue weighted by molar-refractivity contribution is -0.130. The quantitative estimate of drug-likeness (QED) is 0.558. The Morgan fingerprint density at radius 2 is 1.94 bits per heavy atom. The van der Waals surface area contributed by atoms with Crippen molar-refractivity contribution >= 4 is 11.9 Å². The summed E-state index contributed by atoms with van der Waals surface area (Å²) in [5, 5.41) is 5.78. The molecule has 3 heterocycles. The summed E-state index contributed by atoms with van der Waals surface area (Å²) in [6, 6.07) is -0.618. The van der Waals surface area contributed by atoms with E-state index in [1.54, 1.807) is 11.9 Å². The lowest BCUT2D eigenvalue weighted by Crippen LogP contribution is -2.65. The van der Waals surface area contributed by atoms with Crippen molar-refractivity contribution in [3.63, 3.8) is 0 Å². The van der Waals surface area contributed by atoms with Crippen LogP contribution in [0.5, 0.6) is 0 Å². The molecule has 0 aromatic heterocycles. The molecule has 2 N–H and O–H groups in total. The highest BCUT2D eigenvalue weighted by Gasteiger charge is 2.53. The molecule has 4 atom stereocenters. The maximum Gasteiger partial charge on any atom is 0.325 e. The van der Waals surface area contributed by atoms with Crippen LogP contribution in [-0.4, -0.2) is 72.3 Å². The average molecular weight is 253 g/mol. The number of hydrogen-bond donors (Lipinski definition) is 2. The van der Waals surface area contributed by atoms with E-state index in [0.717, 1.165) is 13.1 Å². The number of nitrogens with one attached hydrogen (secondary N) is 2. The van der Waals surface area contributed by atoms with E-state index in [1.165, 1.54) is 0 Å². The first-order valence-corrected chi connectivity index (χ1v) is 6.28. The van der Waals surface area contributed by atoms with Gasteiger partial charge in [0.1, 0.15) is 18.5 Å². The van der Waals surface area contributed by atoms with Gasteiger partial charge in [-0.15, -0.1) is 0 Å². The Bertz CT molecular complexity index is 401. The zero-order chi connectivity index (χ0) is 13.0. The lowest BCUT2D eigenvalue weighted by Gasteiger charge is -2.42. The molecule has 0 radical (unpaired) electrons. The van der Waals surface area contributed by atoms with Crippen LogP contribution in [0.1, 0.15) is 6.92 Å². The fourth-order valence-corrected chi connectivity index (χ4v) is 3.29. The Morgan fingerprint density at radius 3 is 2.67 bits per heavy atom. The summed E-state index contributed by atoms with van der Waals surface area (Å²) >= 11 is 0. The first-order valence-electron chi connectivity index (χ1n) is 6.28. The zero-order valence-corrected chi connectivity index (χ0v) is 10.9. The minimum Gasteiger partial charge on any atom is -0.310 e. The van der Waals surface area contributed by atoms with Gasteiger partial charge in [0, 0.05) is 20.1 Å². The van der Waals surface area contributed by atoms with Gasteiger partial charge in [0.25, 0.3) is 0 Å². The molecule has 3 amide bonds. The van der Waals surface area contributed by atoms with Gasteiger partial charge in [-0.05, 0) is 13.0 Å². The molecule has 7 nitrogen and oxygen atoms in total. The van der Waals surface area contributed by atoms with Crippen molar-refractivity contribution in [1.82, 2.24) is 25.3 Å². The summed E-state index contributed by atoms with van der Waals surface area (Å²) in [5.41, 5.74) is 0. The Hall–Kier alpha value is -1.18. The summed E-state index contributed by atoms with van der Waals surface area (Å²) < 4.78 is 0. The standard InChI is InChI=1S/C11H19N5O2/c1-6-4-14(2)10-12-8-7(16(10)5-6)9(17)13-11(18)15(8)3/h6-8,10,12H,4-5H2,1-3H3,(H,13,17,18). The second-order valence-corrected chi connectivity index (χ2v) is 5.58. The minimum atomic E-state index is -0.329. The number of urea groups is 1. The number of hydrogen-bond acceptors (Lipinski definition) is 5. The third-order valence-electron chi connectivity index (χ3n) is 4.07. The molecule has 3 rings (SSSR count). The Kier molecular flexibility index (Phi) is 2.58. The minimum absolute atomic E-state index is 0.0373. The summed E-state index contributed by atoms with van der Waals surface area (Å²) in [6.07, 6.45) is -0.195. The number of amides is 3. The molecular weight excluding hydrogens is 234 g/mol. The van der Waals surface area contributed by atoms with Crippen LogP contribution in [0.2, 0.25) is 0 Å². The molecule has 0 aromatic rings. The van der Waals surface area contributed by atoms with Gasteiger partial charge in [-0.25, -0.2) is 4.79 Å². The fourth-order valence-electron chi connectivity index (χ4n) is 3.29. The van der Waals surface area contributed by atoms with Crippen LogP contribution in [0.25, 0.3) is 0 Å². The normalized spacial score (nSPS) is 41.6.